The molecule has 0 aliphatic heterocycles. The minimum Gasteiger partial charge on any atom is -0.493 e. The van der Waals surface area contributed by atoms with Crippen molar-refractivity contribution in [2.45, 2.75) is 70.9 Å². The average molecular weight is 415 g/mol. The fourth-order valence-corrected chi connectivity index (χ4v) is 3.62. The summed E-state index contributed by atoms with van der Waals surface area (Å²) < 4.78 is 13.0. The summed E-state index contributed by atoms with van der Waals surface area (Å²) in [4.78, 5) is 12.6. The van der Waals surface area contributed by atoms with Crippen LogP contribution in [0.5, 0.6) is 11.5 Å². The molecule has 0 saturated heterocycles. The maximum absolute atomic E-state index is 12.6. The summed E-state index contributed by atoms with van der Waals surface area (Å²) in [6.07, 6.45) is 5.71. The normalized spacial score (nSPS) is 14.9. The van der Waals surface area contributed by atoms with E-state index in [2.05, 4.69) is 31.4 Å². The molecule has 0 radical (unpaired) electrons. The molecule has 1 aliphatic rings. The van der Waals surface area contributed by atoms with Crippen LogP contribution in [0.3, 0.4) is 0 Å². The van der Waals surface area contributed by atoms with Crippen LogP contribution in [0.4, 0.5) is 10.6 Å². The number of amides is 2. The van der Waals surface area contributed by atoms with Crippen molar-refractivity contribution in [3.8, 4) is 11.5 Å². The van der Waals surface area contributed by atoms with Gasteiger partial charge in [-0.05, 0) is 25.0 Å². The molecule has 164 valence electrons. The molecule has 0 bridgehead atoms. The molecular weight excluding hydrogens is 380 g/mol. The molecule has 7 heteroatoms. The van der Waals surface area contributed by atoms with Crippen molar-refractivity contribution in [3.63, 3.8) is 0 Å². The molecule has 0 atom stereocenters. The average Bonchev–Trinajstić information content (AvgIpc) is 3.12. The number of anilines is 1. The van der Waals surface area contributed by atoms with Crippen molar-refractivity contribution in [2.24, 2.45) is 0 Å². The fraction of sp³-hybridized carbons (Fsp3) is 0.565. The van der Waals surface area contributed by atoms with Gasteiger partial charge in [0.1, 0.15) is 12.4 Å². The minimum absolute atomic E-state index is 0.120. The van der Waals surface area contributed by atoms with E-state index in [1.807, 2.05) is 30.3 Å². The van der Waals surface area contributed by atoms with Gasteiger partial charge in [-0.3, -0.25) is 5.32 Å². The Balaban J connectivity index is 1.66. The fourth-order valence-electron chi connectivity index (χ4n) is 3.62. The molecule has 30 heavy (non-hydrogen) atoms. The number of ether oxygens (including phenoxy) is 2. The zero-order valence-electron chi connectivity index (χ0n) is 18.5. The van der Waals surface area contributed by atoms with E-state index in [9.17, 15) is 4.79 Å². The molecule has 7 nitrogen and oxygen atoms in total. The second-order valence-corrected chi connectivity index (χ2v) is 8.82. The van der Waals surface area contributed by atoms with E-state index in [1.54, 1.807) is 11.8 Å². The van der Waals surface area contributed by atoms with Crippen LogP contribution in [0.15, 0.2) is 30.3 Å². The van der Waals surface area contributed by atoms with E-state index in [1.165, 1.54) is 19.3 Å². The molecule has 2 aromatic rings. The molecular formula is C23H34N4O3. The topological polar surface area (TPSA) is 77.4 Å². The van der Waals surface area contributed by atoms with Crippen LogP contribution in [0.1, 0.15) is 58.6 Å². The first-order valence-corrected chi connectivity index (χ1v) is 10.8. The Morgan fingerprint density at radius 2 is 1.87 bits per heavy atom. The summed E-state index contributed by atoms with van der Waals surface area (Å²) in [6, 6.07) is 9.58. The molecule has 1 fully saturated rings. The van der Waals surface area contributed by atoms with Crippen molar-refractivity contribution in [1.82, 2.24) is 15.1 Å². The molecule has 1 aromatic heterocycles. The van der Waals surface area contributed by atoms with E-state index < -0.39 is 0 Å². The second-order valence-electron chi connectivity index (χ2n) is 8.82. The number of benzene rings is 1. The van der Waals surface area contributed by atoms with Crippen LogP contribution in [-0.2, 0) is 12.0 Å². The number of carbonyl (C=O) groups excluding carboxylic acids is 1. The lowest BCUT2D eigenvalue weighted by Gasteiger charge is -2.22. The summed E-state index contributed by atoms with van der Waals surface area (Å²) >= 11 is 0. The third-order valence-corrected chi connectivity index (χ3v) is 5.36. The van der Waals surface area contributed by atoms with Crippen molar-refractivity contribution in [1.29, 1.82) is 0 Å². The predicted octanol–water partition coefficient (Wildman–Crippen LogP) is 4.72. The van der Waals surface area contributed by atoms with E-state index in [0.717, 1.165) is 18.5 Å². The minimum atomic E-state index is -0.172. The standard InChI is InChI=1S/C23H34N4O3/c1-23(2,3)20-16-21(25-22(28)24-17-10-6-5-7-11-17)27(26-20)14-15-30-19-13-9-8-12-18(19)29-4/h8-9,12-13,16-17H,5-7,10-11,14-15H2,1-4H3,(H2,24,25,28). The van der Waals surface area contributed by atoms with Gasteiger partial charge in [0.05, 0.1) is 19.3 Å². The smallest absolute Gasteiger partial charge is 0.320 e. The number of carbonyl (C=O) groups is 1. The zero-order chi connectivity index (χ0) is 21.6. The number of methoxy groups -OCH3 is 1. The summed E-state index contributed by atoms with van der Waals surface area (Å²) in [5, 5.41) is 10.8. The van der Waals surface area contributed by atoms with Crippen LogP contribution in [-0.4, -0.2) is 35.6 Å². The lowest BCUT2D eigenvalue weighted by molar-refractivity contribution is 0.243. The quantitative estimate of drug-likeness (QED) is 0.687. The highest BCUT2D eigenvalue weighted by Gasteiger charge is 2.22. The van der Waals surface area contributed by atoms with E-state index in [4.69, 9.17) is 14.6 Å². The molecule has 3 rings (SSSR count). The molecule has 1 aromatic carbocycles. The Hall–Kier alpha value is -2.70. The lowest BCUT2D eigenvalue weighted by Crippen LogP contribution is -2.39. The van der Waals surface area contributed by atoms with Crippen molar-refractivity contribution >= 4 is 11.8 Å². The van der Waals surface area contributed by atoms with E-state index in [0.29, 0.717) is 30.5 Å². The predicted molar refractivity (Wildman–Crippen MR) is 118 cm³/mol. The molecule has 1 saturated carbocycles. The zero-order valence-corrected chi connectivity index (χ0v) is 18.5. The van der Waals surface area contributed by atoms with Crippen LogP contribution in [0, 0.1) is 0 Å². The van der Waals surface area contributed by atoms with Gasteiger partial charge in [0.25, 0.3) is 0 Å². The first-order chi connectivity index (χ1) is 14.4. The molecule has 0 spiro atoms. The van der Waals surface area contributed by atoms with Crippen LogP contribution in [0.25, 0.3) is 0 Å². The number of hydrogen-bond donors (Lipinski definition) is 2. The lowest BCUT2D eigenvalue weighted by atomic mass is 9.92. The van der Waals surface area contributed by atoms with Crippen molar-refractivity contribution < 1.29 is 14.3 Å². The van der Waals surface area contributed by atoms with Gasteiger partial charge in [0, 0.05) is 17.5 Å². The van der Waals surface area contributed by atoms with E-state index in [-0.39, 0.29) is 17.5 Å². The summed E-state index contributed by atoms with van der Waals surface area (Å²) in [6.45, 7) is 7.24. The summed E-state index contributed by atoms with van der Waals surface area (Å²) in [7, 11) is 1.62. The Kier molecular flexibility index (Phi) is 7.24. The number of para-hydroxylation sites is 2. The van der Waals surface area contributed by atoms with Gasteiger partial charge in [0.2, 0.25) is 0 Å². The SMILES string of the molecule is COc1ccccc1OCCn1nc(C(C)(C)C)cc1NC(=O)NC1CCCCC1. The molecule has 2 N–H and O–H groups in total. The van der Waals surface area contributed by atoms with Gasteiger partial charge in [-0.25, -0.2) is 9.48 Å². The molecule has 1 aliphatic carbocycles. The Labute approximate surface area is 179 Å². The van der Waals surface area contributed by atoms with Gasteiger partial charge in [-0.15, -0.1) is 0 Å². The number of aromatic nitrogens is 2. The Bertz CT molecular complexity index is 835. The maximum atomic E-state index is 12.6. The van der Waals surface area contributed by atoms with Crippen LogP contribution in [0.2, 0.25) is 0 Å². The second kappa shape index (κ2) is 9.87. The number of hydrogen-bond acceptors (Lipinski definition) is 4. The van der Waals surface area contributed by atoms with Crippen LogP contribution < -0.4 is 20.1 Å². The third kappa shape index (κ3) is 5.90. The highest BCUT2D eigenvalue weighted by Crippen LogP contribution is 2.27. The summed E-state index contributed by atoms with van der Waals surface area (Å²) in [5.74, 6) is 2.06. The number of urea groups is 1. The number of rotatable bonds is 7. The van der Waals surface area contributed by atoms with Gasteiger partial charge >= 0.3 is 6.03 Å². The first-order valence-electron chi connectivity index (χ1n) is 10.8. The number of nitrogens with zero attached hydrogens (tertiary/aromatic N) is 2. The van der Waals surface area contributed by atoms with Gasteiger partial charge < -0.3 is 14.8 Å². The molecule has 2 amide bonds. The Morgan fingerprint density at radius 3 is 2.53 bits per heavy atom. The van der Waals surface area contributed by atoms with Crippen molar-refractivity contribution in [2.75, 3.05) is 19.0 Å². The third-order valence-electron chi connectivity index (χ3n) is 5.36. The monoisotopic (exact) mass is 414 g/mol. The molecule has 0 unspecified atom stereocenters. The largest absolute Gasteiger partial charge is 0.493 e. The van der Waals surface area contributed by atoms with E-state index >= 15 is 0 Å². The van der Waals surface area contributed by atoms with Gasteiger partial charge in [-0.2, -0.15) is 5.10 Å². The highest BCUT2D eigenvalue weighted by molar-refractivity contribution is 5.88. The van der Waals surface area contributed by atoms with Gasteiger partial charge in [-0.1, -0.05) is 52.2 Å². The Morgan fingerprint density at radius 1 is 1.17 bits per heavy atom. The molecule has 1 heterocycles. The maximum Gasteiger partial charge on any atom is 0.320 e. The van der Waals surface area contributed by atoms with Crippen LogP contribution >= 0.6 is 0 Å². The first kappa shape index (κ1) is 22.0. The van der Waals surface area contributed by atoms with Crippen molar-refractivity contribution in [3.05, 3.63) is 36.0 Å². The number of nitrogens with one attached hydrogen (secondary N) is 2. The highest BCUT2D eigenvalue weighted by atomic mass is 16.5. The van der Waals surface area contributed by atoms with Gasteiger partial charge in [0.15, 0.2) is 11.5 Å². The summed E-state index contributed by atoms with van der Waals surface area (Å²) in [5.41, 5.74) is 0.804.